The molecule has 0 saturated heterocycles. The van der Waals surface area contributed by atoms with Gasteiger partial charge in [0.25, 0.3) is 0 Å². The van der Waals surface area contributed by atoms with Gasteiger partial charge in [0.05, 0.1) is 7.11 Å². The Morgan fingerprint density at radius 1 is 1.30 bits per heavy atom. The first-order chi connectivity index (χ1) is 9.60. The molecule has 20 heavy (non-hydrogen) atoms. The minimum atomic E-state index is 0.209. The van der Waals surface area contributed by atoms with Crippen LogP contribution in [0.3, 0.4) is 0 Å². The van der Waals surface area contributed by atoms with Crippen LogP contribution in [-0.2, 0) is 4.79 Å². The zero-order chi connectivity index (χ0) is 14.5. The number of hydrogen-bond donors (Lipinski definition) is 0. The summed E-state index contributed by atoms with van der Waals surface area (Å²) in [6.07, 6.45) is 3.93. The fraction of sp³-hybridized carbons (Fsp3) is 0.588. The molecule has 0 spiro atoms. The van der Waals surface area contributed by atoms with Crippen LogP contribution >= 0.6 is 0 Å². The minimum absolute atomic E-state index is 0.209. The molecule has 2 unspecified atom stereocenters. The first-order valence-corrected chi connectivity index (χ1v) is 7.41. The molecule has 1 aliphatic rings. The predicted octanol–water partition coefficient (Wildman–Crippen LogP) is 3.10. The molecule has 1 fully saturated rings. The fourth-order valence-electron chi connectivity index (χ4n) is 3.10. The van der Waals surface area contributed by atoms with Gasteiger partial charge in [-0.2, -0.15) is 0 Å². The topological polar surface area (TPSA) is 29.5 Å². The van der Waals surface area contributed by atoms with Crippen molar-refractivity contribution in [1.82, 2.24) is 4.90 Å². The number of rotatable bonds is 4. The van der Waals surface area contributed by atoms with E-state index in [0.29, 0.717) is 18.1 Å². The molecule has 0 aromatic heterocycles. The molecule has 0 N–H and O–H groups in total. The van der Waals surface area contributed by atoms with Crippen molar-refractivity contribution < 1.29 is 9.53 Å². The number of carbonyl (C=O) groups is 1. The van der Waals surface area contributed by atoms with Crippen LogP contribution in [0.25, 0.3) is 0 Å². The zero-order valence-corrected chi connectivity index (χ0v) is 12.8. The highest BCUT2D eigenvalue weighted by Crippen LogP contribution is 2.33. The number of nitrogens with zero attached hydrogens (tertiary/aromatic N) is 1. The van der Waals surface area contributed by atoms with Crippen molar-refractivity contribution in [3.63, 3.8) is 0 Å². The predicted molar refractivity (Wildman–Crippen MR) is 81.3 cm³/mol. The summed E-state index contributed by atoms with van der Waals surface area (Å²) < 4.78 is 5.29. The highest BCUT2D eigenvalue weighted by Gasteiger charge is 2.27. The van der Waals surface area contributed by atoms with Crippen LogP contribution < -0.4 is 4.74 Å². The molecule has 2 rings (SSSR count). The molecule has 110 valence electrons. The third-order valence-corrected chi connectivity index (χ3v) is 4.16. The van der Waals surface area contributed by atoms with Gasteiger partial charge in [0.1, 0.15) is 11.5 Å². The van der Waals surface area contributed by atoms with Gasteiger partial charge in [-0.1, -0.05) is 18.6 Å². The van der Waals surface area contributed by atoms with Gasteiger partial charge in [-0.05, 0) is 50.6 Å². The van der Waals surface area contributed by atoms with E-state index in [-0.39, 0.29) is 5.92 Å². The van der Waals surface area contributed by atoms with Gasteiger partial charge in [0.2, 0.25) is 0 Å². The van der Waals surface area contributed by atoms with Crippen LogP contribution in [0.2, 0.25) is 0 Å². The zero-order valence-electron chi connectivity index (χ0n) is 12.8. The first kappa shape index (κ1) is 15.0. The van der Waals surface area contributed by atoms with Crippen LogP contribution in [0.5, 0.6) is 5.75 Å². The van der Waals surface area contributed by atoms with Gasteiger partial charge in [0, 0.05) is 18.9 Å². The van der Waals surface area contributed by atoms with Gasteiger partial charge in [-0.3, -0.25) is 4.79 Å². The van der Waals surface area contributed by atoms with Gasteiger partial charge >= 0.3 is 0 Å². The lowest BCUT2D eigenvalue weighted by Crippen LogP contribution is -2.27. The highest BCUT2D eigenvalue weighted by atomic mass is 16.5. The number of hydrogen-bond acceptors (Lipinski definition) is 3. The van der Waals surface area contributed by atoms with E-state index in [2.05, 4.69) is 17.0 Å². The summed E-state index contributed by atoms with van der Waals surface area (Å²) in [6.45, 7) is 0.879. The maximum atomic E-state index is 12.4. The molecule has 0 bridgehead atoms. The normalized spacial score (nSPS) is 23.7. The molecule has 1 aromatic rings. The molecule has 2 atom stereocenters. The highest BCUT2D eigenvalue weighted by molar-refractivity contribution is 5.82. The van der Waals surface area contributed by atoms with E-state index in [1.54, 1.807) is 7.11 Å². The Morgan fingerprint density at radius 3 is 2.80 bits per heavy atom. The van der Waals surface area contributed by atoms with E-state index in [1.165, 1.54) is 5.56 Å². The summed E-state index contributed by atoms with van der Waals surface area (Å²) in [5.74, 6) is 1.86. The van der Waals surface area contributed by atoms with Crippen molar-refractivity contribution >= 4 is 5.78 Å². The number of carbonyl (C=O) groups excluding carboxylic acids is 1. The van der Waals surface area contributed by atoms with Gasteiger partial charge in [-0.15, -0.1) is 0 Å². The van der Waals surface area contributed by atoms with Gasteiger partial charge < -0.3 is 9.64 Å². The number of methoxy groups -OCH3 is 1. The average molecular weight is 275 g/mol. The van der Waals surface area contributed by atoms with Gasteiger partial charge in [-0.25, -0.2) is 0 Å². The summed E-state index contributed by atoms with van der Waals surface area (Å²) >= 11 is 0. The van der Waals surface area contributed by atoms with Crippen molar-refractivity contribution in [3.05, 3.63) is 29.8 Å². The van der Waals surface area contributed by atoms with Crippen LogP contribution in [0, 0.1) is 5.92 Å². The molecular formula is C17H25NO2. The van der Waals surface area contributed by atoms with Crippen molar-refractivity contribution in [2.75, 3.05) is 27.7 Å². The molecule has 3 heteroatoms. The monoisotopic (exact) mass is 275 g/mol. The van der Waals surface area contributed by atoms with Crippen molar-refractivity contribution in [3.8, 4) is 5.75 Å². The molecule has 1 aromatic carbocycles. The Hall–Kier alpha value is -1.35. The second-order valence-corrected chi connectivity index (χ2v) is 6.03. The van der Waals surface area contributed by atoms with Crippen molar-refractivity contribution in [1.29, 1.82) is 0 Å². The third kappa shape index (κ3) is 3.83. The smallest absolute Gasteiger partial charge is 0.137 e. The summed E-state index contributed by atoms with van der Waals surface area (Å²) in [6, 6.07) is 8.16. The molecular weight excluding hydrogens is 250 g/mol. The number of ketones is 1. The first-order valence-electron chi connectivity index (χ1n) is 7.41. The Balaban J connectivity index is 2.09. The molecule has 1 aliphatic carbocycles. The maximum absolute atomic E-state index is 12.4. The number of ether oxygens (including phenoxy) is 1. The second kappa shape index (κ2) is 6.89. The maximum Gasteiger partial charge on any atom is 0.137 e. The quantitative estimate of drug-likeness (QED) is 0.791. The standard InChI is InChI=1S/C17H25NO2/c1-18(2)12-15-8-4-6-14(11-17(15)19)13-7-5-9-16(10-13)20-3/h5,7,9-10,14-15H,4,6,8,11-12H2,1-3H3. The third-order valence-electron chi connectivity index (χ3n) is 4.16. The minimum Gasteiger partial charge on any atom is -0.497 e. The fourth-order valence-corrected chi connectivity index (χ4v) is 3.10. The molecule has 0 heterocycles. The van der Waals surface area contributed by atoms with E-state index in [9.17, 15) is 4.79 Å². The molecule has 1 saturated carbocycles. The van der Waals surface area contributed by atoms with Crippen LogP contribution in [0.1, 0.15) is 37.2 Å². The van der Waals surface area contributed by atoms with Crippen LogP contribution in [-0.4, -0.2) is 38.4 Å². The summed E-state index contributed by atoms with van der Waals surface area (Å²) in [5.41, 5.74) is 1.24. The molecule has 0 amide bonds. The molecule has 0 radical (unpaired) electrons. The summed E-state index contributed by atoms with van der Waals surface area (Å²) in [4.78, 5) is 14.5. The number of benzene rings is 1. The van der Waals surface area contributed by atoms with E-state index in [0.717, 1.165) is 31.6 Å². The summed E-state index contributed by atoms with van der Waals surface area (Å²) in [7, 11) is 5.76. The van der Waals surface area contributed by atoms with Crippen molar-refractivity contribution in [2.24, 2.45) is 5.92 Å². The Labute approximate surface area is 121 Å². The van der Waals surface area contributed by atoms with Crippen molar-refractivity contribution in [2.45, 2.75) is 31.6 Å². The lowest BCUT2D eigenvalue weighted by molar-refractivity contribution is -0.123. The van der Waals surface area contributed by atoms with E-state index in [1.807, 2.05) is 26.2 Å². The molecule has 3 nitrogen and oxygen atoms in total. The van der Waals surface area contributed by atoms with Crippen LogP contribution in [0.15, 0.2) is 24.3 Å². The summed E-state index contributed by atoms with van der Waals surface area (Å²) in [5, 5.41) is 0. The van der Waals surface area contributed by atoms with E-state index in [4.69, 9.17) is 4.74 Å². The SMILES string of the molecule is COc1cccc(C2CCCC(CN(C)C)C(=O)C2)c1. The Bertz CT molecular complexity index is 456. The van der Waals surface area contributed by atoms with E-state index < -0.39 is 0 Å². The van der Waals surface area contributed by atoms with E-state index >= 15 is 0 Å². The Morgan fingerprint density at radius 2 is 2.10 bits per heavy atom. The lowest BCUT2D eigenvalue weighted by atomic mass is 9.90. The van der Waals surface area contributed by atoms with Gasteiger partial charge in [0.15, 0.2) is 0 Å². The molecule has 0 aliphatic heterocycles. The Kier molecular flexibility index (Phi) is 5.18. The largest absolute Gasteiger partial charge is 0.497 e. The number of Topliss-reactive ketones (excluding diaryl/α,β-unsaturated/α-hetero) is 1. The second-order valence-electron chi connectivity index (χ2n) is 6.03. The van der Waals surface area contributed by atoms with Crippen LogP contribution in [0.4, 0.5) is 0 Å². The average Bonchev–Trinajstić information content (AvgIpc) is 2.61. The lowest BCUT2D eigenvalue weighted by Gasteiger charge is -2.18.